The number of nitrogens with one attached hydrogen (secondary N) is 1. The van der Waals surface area contributed by atoms with E-state index in [0.717, 1.165) is 39.9 Å². The van der Waals surface area contributed by atoms with E-state index < -0.39 is 5.97 Å². The quantitative estimate of drug-likeness (QED) is 0.546. The molecule has 0 unspecified atom stereocenters. The maximum Gasteiger partial charge on any atom is 0.303 e. The molecule has 1 saturated carbocycles. The lowest BCUT2D eigenvalue weighted by Gasteiger charge is -2.23. The standard InChI is InChI=1S/C24H27NO3/c26-24(27)12-10-17-9-11-23(28-16-18-5-2-1-3-6-18)21(15-17)19-7-4-8-22-20(19)13-14-25-22/h4,7-9,11,13-15,18,25H,1-3,5-6,10,12,16H2,(H,26,27). The highest BCUT2D eigenvalue weighted by molar-refractivity contribution is 5.96. The Balaban J connectivity index is 1.66. The number of hydrogen-bond acceptors (Lipinski definition) is 2. The van der Waals surface area contributed by atoms with Gasteiger partial charge in [-0.15, -0.1) is 0 Å². The van der Waals surface area contributed by atoms with Crippen molar-refractivity contribution in [1.82, 2.24) is 4.98 Å². The van der Waals surface area contributed by atoms with Crippen molar-refractivity contribution in [3.05, 3.63) is 54.2 Å². The Bertz CT molecular complexity index is 953. The van der Waals surface area contributed by atoms with Gasteiger partial charge in [-0.1, -0.05) is 37.5 Å². The normalized spacial score (nSPS) is 15.0. The average Bonchev–Trinajstić information content (AvgIpc) is 3.21. The van der Waals surface area contributed by atoms with Crippen LogP contribution in [0.5, 0.6) is 5.75 Å². The van der Waals surface area contributed by atoms with E-state index in [1.54, 1.807) is 0 Å². The first-order valence-electron chi connectivity index (χ1n) is 10.2. The maximum absolute atomic E-state index is 11.0. The summed E-state index contributed by atoms with van der Waals surface area (Å²) in [4.78, 5) is 14.3. The average molecular weight is 377 g/mol. The molecule has 0 spiro atoms. The first-order valence-corrected chi connectivity index (χ1v) is 10.2. The molecule has 4 heteroatoms. The number of carboxylic acid groups (broad SMARTS) is 1. The van der Waals surface area contributed by atoms with Gasteiger partial charge in [0.25, 0.3) is 0 Å². The van der Waals surface area contributed by atoms with Crippen LogP contribution in [0.3, 0.4) is 0 Å². The molecule has 1 aromatic heterocycles. The van der Waals surface area contributed by atoms with Crippen LogP contribution in [0, 0.1) is 5.92 Å². The summed E-state index contributed by atoms with van der Waals surface area (Å²) in [7, 11) is 0. The SMILES string of the molecule is O=C(O)CCc1ccc(OCC2CCCCC2)c(-c2cccc3[nH]ccc23)c1. The molecule has 4 nitrogen and oxygen atoms in total. The number of carboxylic acids is 1. The summed E-state index contributed by atoms with van der Waals surface area (Å²) in [5.74, 6) is 0.751. The highest BCUT2D eigenvalue weighted by Crippen LogP contribution is 2.36. The molecule has 1 fully saturated rings. The molecule has 1 aliphatic rings. The van der Waals surface area contributed by atoms with E-state index in [4.69, 9.17) is 9.84 Å². The number of aromatic amines is 1. The maximum atomic E-state index is 11.0. The first-order chi connectivity index (χ1) is 13.7. The number of hydrogen-bond donors (Lipinski definition) is 2. The van der Waals surface area contributed by atoms with E-state index in [1.165, 1.54) is 32.1 Å². The van der Waals surface area contributed by atoms with Crippen molar-refractivity contribution in [3.8, 4) is 16.9 Å². The van der Waals surface area contributed by atoms with Gasteiger partial charge < -0.3 is 14.8 Å². The van der Waals surface area contributed by atoms with E-state index in [9.17, 15) is 4.79 Å². The highest BCUT2D eigenvalue weighted by atomic mass is 16.5. The zero-order chi connectivity index (χ0) is 19.3. The van der Waals surface area contributed by atoms with Crippen LogP contribution in [0.1, 0.15) is 44.1 Å². The Morgan fingerprint density at radius 2 is 1.93 bits per heavy atom. The second kappa shape index (κ2) is 8.51. The predicted molar refractivity (Wildman–Crippen MR) is 112 cm³/mol. The van der Waals surface area contributed by atoms with Gasteiger partial charge >= 0.3 is 5.97 Å². The molecule has 0 atom stereocenters. The van der Waals surface area contributed by atoms with Gasteiger partial charge in [0.15, 0.2) is 0 Å². The van der Waals surface area contributed by atoms with E-state index >= 15 is 0 Å². The van der Waals surface area contributed by atoms with E-state index in [-0.39, 0.29) is 6.42 Å². The van der Waals surface area contributed by atoms with Crippen molar-refractivity contribution in [2.24, 2.45) is 5.92 Å². The summed E-state index contributed by atoms with van der Waals surface area (Å²) >= 11 is 0. The third-order valence-corrected chi connectivity index (χ3v) is 5.76. The number of H-pyrrole nitrogens is 1. The van der Waals surface area contributed by atoms with Gasteiger partial charge in [-0.25, -0.2) is 0 Å². The third kappa shape index (κ3) is 4.22. The number of rotatable bonds is 7. The molecule has 0 saturated heterocycles. The first kappa shape index (κ1) is 18.6. The largest absolute Gasteiger partial charge is 0.493 e. The zero-order valence-corrected chi connectivity index (χ0v) is 16.1. The van der Waals surface area contributed by atoms with E-state index in [2.05, 4.69) is 29.2 Å². The molecule has 1 heterocycles. The minimum Gasteiger partial charge on any atom is -0.493 e. The number of ether oxygens (including phenoxy) is 1. The Morgan fingerprint density at radius 3 is 2.75 bits per heavy atom. The molecule has 146 valence electrons. The zero-order valence-electron chi connectivity index (χ0n) is 16.1. The second-order valence-electron chi connectivity index (χ2n) is 7.78. The van der Waals surface area contributed by atoms with Crippen molar-refractivity contribution in [1.29, 1.82) is 0 Å². The molecule has 1 aliphatic carbocycles. The van der Waals surface area contributed by atoms with Crippen LogP contribution in [0.15, 0.2) is 48.7 Å². The number of aromatic nitrogens is 1. The van der Waals surface area contributed by atoms with Crippen molar-refractivity contribution in [2.45, 2.75) is 44.9 Å². The molecule has 4 rings (SSSR count). The topological polar surface area (TPSA) is 62.3 Å². The Hall–Kier alpha value is -2.75. The molecule has 28 heavy (non-hydrogen) atoms. The molecule has 0 bridgehead atoms. The lowest BCUT2D eigenvalue weighted by molar-refractivity contribution is -0.136. The fraction of sp³-hybridized carbons (Fsp3) is 0.375. The summed E-state index contributed by atoms with van der Waals surface area (Å²) in [6.07, 6.45) is 9.05. The summed E-state index contributed by atoms with van der Waals surface area (Å²) in [5, 5.41) is 10.2. The molecule has 3 aromatic rings. The van der Waals surface area contributed by atoms with Crippen molar-refractivity contribution in [2.75, 3.05) is 6.61 Å². The van der Waals surface area contributed by atoms with Gasteiger partial charge in [0.05, 0.1) is 6.61 Å². The van der Waals surface area contributed by atoms with Crippen LogP contribution in [0.2, 0.25) is 0 Å². The van der Waals surface area contributed by atoms with Gasteiger partial charge in [-0.3, -0.25) is 4.79 Å². The molecule has 0 amide bonds. The second-order valence-corrected chi connectivity index (χ2v) is 7.78. The van der Waals surface area contributed by atoms with Crippen molar-refractivity contribution in [3.63, 3.8) is 0 Å². The number of aliphatic carboxylic acids is 1. The Morgan fingerprint density at radius 1 is 1.07 bits per heavy atom. The van der Waals surface area contributed by atoms with Crippen LogP contribution in [-0.4, -0.2) is 22.7 Å². The smallest absolute Gasteiger partial charge is 0.303 e. The minimum atomic E-state index is -0.771. The molecule has 2 aromatic carbocycles. The summed E-state index contributed by atoms with van der Waals surface area (Å²) in [6.45, 7) is 0.755. The number of fused-ring (bicyclic) bond motifs is 1. The van der Waals surface area contributed by atoms with Gasteiger partial charge in [0.2, 0.25) is 0 Å². The van der Waals surface area contributed by atoms with Gasteiger partial charge in [0.1, 0.15) is 5.75 Å². The van der Waals surface area contributed by atoms with Gasteiger partial charge in [-0.05, 0) is 60.6 Å². The molecular formula is C24H27NO3. The fourth-order valence-corrected chi connectivity index (χ4v) is 4.20. The van der Waals surface area contributed by atoms with Gasteiger partial charge in [0, 0.05) is 29.1 Å². The van der Waals surface area contributed by atoms with Crippen LogP contribution in [0.4, 0.5) is 0 Å². The Kier molecular flexibility index (Phi) is 5.65. The van der Waals surface area contributed by atoms with Crippen LogP contribution in [-0.2, 0) is 11.2 Å². The molecule has 0 radical (unpaired) electrons. The molecule has 0 aliphatic heterocycles. The number of carbonyl (C=O) groups is 1. The summed E-state index contributed by atoms with van der Waals surface area (Å²) < 4.78 is 6.31. The number of benzene rings is 2. The van der Waals surface area contributed by atoms with E-state index in [1.807, 2.05) is 24.4 Å². The van der Waals surface area contributed by atoms with Gasteiger partial charge in [-0.2, -0.15) is 0 Å². The minimum absolute atomic E-state index is 0.135. The van der Waals surface area contributed by atoms with E-state index in [0.29, 0.717) is 12.3 Å². The Labute approximate surface area is 165 Å². The summed E-state index contributed by atoms with van der Waals surface area (Å²) in [6, 6.07) is 14.4. The molecule has 2 N–H and O–H groups in total. The lowest BCUT2D eigenvalue weighted by Crippen LogP contribution is -2.15. The lowest BCUT2D eigenvalue weighted by atomic mass is 9.90. The van der Waals surface area contributed by atoms with Crippen LogP contribution in [0.25, 0.3) is 22.0 Å². The fourth-order valence-electron chi connectivity index (χ4n) is 4.20. The third-order valence-electron chi connectivity index (χ3n) is 5.76. The highest BCUT2D eigenvalue weighted by Gasteiger charge is 2.17. The summed E-state index contributed by atoms with van der Waals surface area (Å²) in [5.41, 5.74) is 4.28. The number of aryl methyl sites for hydroxylation is 1. The van der Waals surface area contributed by atoms with Crippen LogP contribution < -0.4 is 4.74 Å². The van der Waals surface area contributed by atoms with Crippen LogP contribution >= 0.6 is 0 Å². The monoisotopic (exact) mass is 377 g/mol. The molecular weight excluding hydrogens is 350 g/mol. The van der Waals surface area contributed by atoms with Crippen molar-refractivity contribution >= 4 is 16.9 Å². The predicted octanol–water partition coefficient (Wildman–Crippen LogP) is 5.81. The van der Waals surface area contributed by atoms with Crippen molar-refractivity contribution < 1.29 is 14.6 Å².